The van der Waals surface area contributed by atoms with E-state index in [4.69, 9.17) is 4.43 Å². The lowest BCUT2D eigenvalue weighted by Crippen LogP contribution is -2.48. The van der Waals surface area contributed by atoms with E-state index in [1.54, 1.807) is 0 Å². The summed E-state index contributed by atoms with van der Waals surface area (Å²) < 4.78 is 5.72. The third kappa shape index (κ3) is 7.99. The first-order valence-electron chi connectivity index (χ1n) is 4.55. The largest absolute Gasteiger partial charge is 0.415 e. The molecule has 0 rings (SSSR count). The van der Waals surface area contributed by atoms with E-state index in [-0.39, 0.29) is 11.4 Å². The zero-order valence-corrected chi connectivity index (χ0v) is 10.5. The maximum atomic E-state index is 10.8. The van der Waals surface area contributed by atoms with Gasteiger partial charge in [-0.2, -0.15) is 0 Å². The molecule has 0 bridgehead atoms. The summed E-state index contributed by atoms with van der Waals surface area (Å²) in [5, 5.41) is 2.85. The van der Waals surface area contributed by atoms with Crippen LogP contribution >= 0.6 is 0 Å². The fourth-order valence-electron chi connectivity index (χ4n) is 0.910. The Morgan fingerprint density at radius 3 is 2.15 bits per heavy atom. The van der Waals surface area contributed by atoms with Crippen LogP contribution in [-0.4, -0.2) is 26.4 Å². The molecule has 0 heterocycles. The van der Waals surface area contributed by atoms with Gasteiger partial charge in [0.1, 0.15) is 0 Å². The molecule has 0 aliphatic carbocycles. The molecule has 0 radical (unpaired) electrons. The first-order valence-corrected chi connectivity index (χ1v) is 7.96. The summed E-state index contributed by atoms with van der Waals surface area (Å²) >= 11 is 0. The molecule has 4 heteroatoms. The molecule has 0 aromatic carbocycles. The van der Waals surface area contributed by atoms with Gasteiger partial charge < -0.3 is 9.74 Å². The van der Waals surface area contributed by atoms with Crippen molar-refractivity contribution in [2.75, 3.05) is 6.61 Å². The monoisotopic (exact) mass is 203 g/mol. The molecule has 3 nitrogen and oxygen atoms in total. The first kappa shape index (κ1) is 12.6. The van der Waals surface area contributed by atoms with E-state index in [2.05, 4.69) is 25.0 Å². The van der Waals surface area contributed by atoms with Crippen molar-refractivity contribution < 1.29 is 9.22 Å². The summed E-state index contributed by atoms with van der Waals surface area (Å²) in [4.78, 5) is 10.8. The van der Waals surface area contributed by atoms with Crippen LogP contribution in [0.4, 0.5) is 0 Å². The maximum absolute atomic E-state index is 10.8. The second kappa shape index (κ2) is 4.24. The van der Waals surface area contributed by atoms with Crippen molar-refractivity contribution in [2.45, 2.75) is 46.0 Å². The van der Waals surface area contributed by atoms with Gasteiger partial charge in [-0.15, -0.1) is 0 Å². The van der Waals surface area contributed by atoms with Crippen molar-refractivity contribution in [3.8, 4) is 0 Å². The molecule has 0 atom stereocenters. The molecule has 0 aliphatic rings. The minimum atomic E-state index is -1.47. The second-order valence-electron chi connectivity index (χ2n) is 4.97. The molecule has 0 fully saturated rings. The first-order chi connectivity index (χ1) is 5.62. The summed E-state index contributed by atoms with van der Waals surface area (Å²) in [6.45, 7) is 12.5. The fraction of sp³-hybridized carbons (Fsp3) is 0.889. The molecule has 1 amide bonds. The Morgan fingerprint density at radius 1 is 1.38 bits per heavy atom. The van der Waals surface area contributed by atoms with Crippen LogP contribution in [0, 0.1) is 0 Å². The highest BCUT2D eigenvalue weighted by Gasteiger charge is 2.23. The second-order valence-corrected chi connectivity index (χ2v) is 9.48. The van der Waals surface area contributed by atoms with Crippen LogP contribution in [0.15, 0.2) is 0 Å². The Labute approximate surface area is 82.0 Å². The lowest BCUT2D eigenvalue weighted by Gasteiger charge is -2.29. The molecule has 13 heavy (non-hydrogen) atoms. The van der Waals surface area contributed by atoms with E-state index in [0.717, 1.165) is 0 Å². The molecule has 0 saturated carbocycles. The molecule has 0 aromatic rings. The van der Waals surface area contributed by atoms with Gasteiger partial charge in [-0.25, -0.2) is 0 Å². The van der Waals surface area contributed by atoms with Crippen molar-refractivity contribution in [3.63, 3.8) is 0 Å². The molecule has 0 aliphatic heterocycles. The van der Waals surface area contributed by atoms with Gasteiger partial charge in [-0.05, 0) is 33.5 Å². The minimum absolute atomic E-state index is 0.0100. The number of carbonyl (C=O) groups excluding carboxylic acids is 1. The minimum Gasteiger partial charge on any atom is -0.415 e. The summed E-state index contributed by atoms with van der Waals surface area (Å²) in [5.74, 6) is -0.0100. The highest BCUT2D eigenvalue weighted by Crippen LogP contribution is 2.09. The van der Waals surface area contributed by atoms with E-state index >= 15 is 0 Å². The lowest BCUT2D eigenvalue weighted by molar-refractivity contribution is -0.120. The van der Waals surface area contributed by atoms with Gasteiger partial charge in [0.2, 0.25) is 5.91 Å². The summed E-state index contributed by atoms with van der Waals surface area (Å²) in [6, 6.07) is 0. The summed E-state index contributed by atoms with van der Waals surface area (Å²) in [5.41, 5.74) is -0.258. The highest BCUT2D eigenvalue weighted by atomic mass is 28.4. The van der Waals surface area contributed by atoms with Gasteiger partial charge in [0.25, 0.3) is 0 Å². The number of carbonyl (C=O) groups is 1. The predicted octanol–water partition coefficient (Wildman–Crippen LogP) is 1.75. The van der Waals surface area contributed by atoms with Crippen LogP contribution in [0.5, 0.6) is 0 Å². The number of rotatable bonds is 4. The SMILES string of the molecule is CC(=O)NC(C)(C)CO[Si](C)(C)C. The number of hydrogen-bond acceptors (Lipinski definition) is 2. The molecule has 0 unspecified atom stereocenters. The highest BCUT2D eigenvalue weighted by molar-refractivity contribution is 6.69. The van der Waals surface area contributed by atoms with E-state index in [1.807, 2.05) is 13.8 Å². The Balaban J connectivity index is 3.96. The maximum Gasteiger partial charge on any atom is 0.217 e. The molecule has 78 valence electrons. The van der Waals surface area contributed by atoms with Crippen LogP contribution in [0.3, 0.4) is 0 Å². The van der Waals surface area contributed by atoms with Crippen LogP contribution in [-0.2, 0) is 9.22 Å². The van der Waals surface area contributed by atoms with Crippen LogP contribution in [0.25, 0.3) is 0 Å². The van der Waals surface area contributed by atoms with Crippen molar-refractivity contribution in [3.05, 3.63) is 0 Å². The fourth-order valence-corrected chi connectivity index (χ4v) is 1.70. The zero-order valence-electron chi connectivity index (χ0n) is 9.52. The Morgan fingerprint density at radius 2 is 1.85 bits per heavy atom. The van der Waals surface area contributed by atoms with Gasteiger partial charge in [0.15, 0.2) is 8.32 Å². The van der Waals surface area contributed by atoms with Gasteiger partial charge in [0, 0.05) is 6.92 Å². The van der Waals surface area contributed by atoms with Gasteiger partial charge in [0.05, 0.1) is 12.1 Å². The molecule has 0 aromatic heterocycles. The van der Waals surface area contributed by atoms with Crippen molar-refractivity contribution in [2.24, 2.45) is 0 Å². The van der Waals surface area contributed by atoms with Crippen LogP contribution < -0.4 is 5.32 Å². The van der Waals surface area contributed by atoms with Gasteiger partial charge in [-0.3, -0.25) is 4.79 Å². The Kier molecular flexibility index (Phi) is 4.12. The van der Waals surface area contributed by atoms with E-state index in [9.17, 15) is 4.79 Å². The smallest absolute Gasteiger partial charge is 0.217 e. The third-order valence-electron chi connectivity index (χ3n) is 1.38. The van der Waals surface area contributed by atoms with E-state index < -0.39 is 8.32 Å². The standard InChI is InChI=1S/C9H21NO2Si/c1-8(11)10-9(2,3)7-12-13(4,5)6/h7H2,1-6H3,(H,10,11). The van der Waals surface area contributed by atoms with Gasteiger partial charge in [-0.1, -0.05) is 0 Å². The molecule has 0 saturated heterocycles. The van der Waals surface area contributed by atoms with Gasteiger partial charge >= 0.3 is 0 Å². The Bertz CT molecular complexity index is 185. The topological polar surface area (TPSA) is 38.3 Å². The predicted molar refractivity (Wildman–Crippen MR) is 57.2 cm³/mol. The number of hydrogen-bond donors (Lipinski definition) is 1. The summed E-state index contributed by atoms with van der Waals surface area (Å²) in [6.07, 6.45) is 0. The van der Waals surface area contributed by atoms with Crippen molar-refractivity contribution >= 4 is 14.2 Å². The van der Waals surface area contributed by atoms with Crippen molar-refractivity contribution in [1.82, 2.24) is 5.32 Å². The molecule has 0 spiro atoms. The van der Waals surface area contributed by atoms with Crippen molar-refractivity contribution in [1.29, 1.82) is 0 Å². The average molecular weight is 203 g/mol. The van der Waals surface area contributed by atoms with Crippen LogP contribution in [0.2, 0.25) is 19.6 Å². The quantitative estimate of drug-likeness (QED) is 0.707. The molecule has 1 N–H and O–H groups in total. The van der Waals surface area contributed by atoms with Crippen LogP contribution in [0.1, 0.15) is 20.8 Å². The third-order valence-corrected chi connectivity index (χ3v) is 2.39. The number of amides is 1. The molecular formula is C9H21NO2Si. The molecular weight excluding hydrogens is 182 g/mol. The zero-order chi connectivity index (χ0) is 10.7. The summed E-state index contributed by atoms with van der Waals surface area (Å²) in [7, 11) is -1.47. The van der Waals surface area contributed by atoms with E-state index in [0.29, 0.717) is 6.61 Å². The lowest BCUT2D eigenvalue weighted by atomic mass is 10.1. The number of nitrogens with one attached hydrogen (secondary N) is 1. The normalized spacial score (nSPS) is 12.8. The average Bonchev–Trinajstić information content (AvgIpc) is 1.79. The Hall–Kier alpha value is -0.353. The van der Waals surface area contributed by atoms with E-state index in [1.165, 1.54) is 6.92 Å².